The molecule has 1 saturated heterocycles. The predicted octanol–water partition coefficient (Wildman–Crippen LogP) is 1.81. The topological polar surface area (TPSA) is 93.5 Å². The van der Waals surface area contributed by atoms with Crippen molar-refractivity contribution in [2.75, 3.05) is 7.11 Å². The van der Waals surface area contributed by atoms with E-state index < -0.39 is 0 Å². The minimum absolute atomic E-state index is 0.0189. The first-order valence-corrected chi connectivity index (χ1v) is 8.70. The van der Waals surface area contributed by atoms with Crippen LogP contribution in [0.4, 0.5) is 0 Å². The van der Waals surface area contributed by atoms with Gasteiger partial charge in [0.15, 0.2) is 0 Å². The van der Waals surface area contributed by atoms with Crippen LogP contribution in [0.2, 0.25) is 0 Å². The van der Waals surface area contributed by atoms with Crippen LogP contribution in [0.1, 0.15) is 36.6 Å². The average Bonchev–Trinajstić information content (AvgIpc) is 3.26. The Hall–Kier alpha value is -2.35. The summed E-state index contributed by atoms with van der Waals surface area (Å²) in [6.07, 6.45) is 1.79. The molecule has 0 aromatic carbocycles. The van der Waals surface area contributed by atoms with Crippen molar-refractivity contribution in [3.8, 4) is 5.88 Å². The number of hydrogen-bond acceptors (Lipinski definition) is 6. The molecule has 3 rings (SSSR count). The molecule has 1 aliphatic heterocycles. The number of ether oxygens (including phenoxy) is 1. The molecule has 2 N–H and O–H groups in total. The Kier molecular flexibility index (Phi) is 5.14. The molecular weight excluding hydrogens is 330 g/mol. The number of carbonyl (C=O) groups is 2. The zero-order valence-electron chi connectivity index (χ0n) is 13.3. The largest absolute Gasteiger partial charge is 0.479 e. The molecule has 1 fully saturated rings. The maximum absolute atomic E-state index is 12.2. The Labute approximate surface area is 143 Å². The molecule has 2 atom stereocenters. The van der Waals surface area contributed by atoms with E-state index in [4.69, 9.17) is 9.26 Å². The Morgan fingerprint density at radius 1 is 1.58 bits per heavy atom. The first-order chi connectivity index (χ1) is 11.7. The molecular formula is C16H19N3O4S. The summed E-state index contributed by atoms with van der Waals surface area (Å²) in [5.41, 5.74) is 1.03. The van der Waals surface area contributed by atoms with Crippen LogP contribution in [0.5, 0.6) is 5.88 Å². The van der Waals surface area contributed by atoms with Gasteiger partial charge in [-0.05, 0) is 34.0 Å². The monoisotopic (exact) mass is 349 g/mol. The molecule has 0 unspecified atom stereocenters. The Balaban J connectivity index is 1.56. The van der Waals surface area contributed by atoms with Crippen molar-refractivity contribution in [3.63, 3.8) is 0 Å². The smallest absolute Gasteiger partial charge is 0.254 e. The summed E-state index contributed by atoms with van der Waals surface area (Å²) in [5, 5.41) is 13.7. The molecule has 8 heteroatoms. The molecule has 2 aromatic rings. The highest BCUT2D eigenvalue weighted by molar-refractivity contribution is 7.08. The lowest BCUT2D eigenvalue weighted by atomic mass is 9.93. The van der Waals surface area contributed by atoms with Crippen LogP contribution in [0.25, 0.3) is 0 Å². The number of hydrogen-bond donors (Lipinski definition) is 2. The van der Waals surface area contributed by atoms with E-state index in [1.807, 2.05) is 16.8 Å². The number of thiophene rings is 1. The van der Waals surface area contributed by atoms with Gasteiger partial charge in [0.1, 0.15) is 5.76 Å². The molecule has 1 aliphatic rings. The Morgan fingerprint density at radius 2 is 2.46 bits per heavy atom. The van der Waals surface area contributed by atoms with Crippen molar-refractivity contribution in [3.05, 3.63) is 34.2 Å². The summed E-state index contributed by atoms with van der Waals surface area (Å²) in [6, 6.07) is 3.37. The van der Waals surface area contributed by atoms with Crippen LogP contribution >= 0.6 is 11.3 Å². The maximum atomic E-state index is 12.2. The lowest BCUT2D eigenvalue weighted by Gasteiger charge is -2.32. The first kappa shape index (κ1) is 16.5. The second-order valence-electron chi connectivity index (χ2n) is 5.65. The highest BCUT2D eigenvalue weighted by Crippen LogP contribution is 2.26. The minimum atomic E-state index is -0.174. The van der Waals surface area contributed by atoms with E-state index in [-0.39, 0.29) is 23.9 Å². The molecule has 0 saturated carbocycles. The Morgan fingerprint density at radius 3 is 3.17 bits per heavy atom. The van der Waals surface area contributed by atoms with Crippen LogP contribution < -0.4 is 15.4 Å². The van der Waals surface area contributed by atoms with E-state index >= 15 is 0 Å². The van der Waals surface area contributed by atoms with Crippen LogP contribution in [-0.4, -0.2) is 30.1 Å². The lowest BCUT2D eigenvalue weighted by Crippen LogP contribution is -2.50. The summed E-state index contributed by atoms with van der Waals surface area (Å²) < 4.78 is 10.0. The van der Waals surface area contributed by atoms with Crippen LogP contribution in [-0.2, 0) is 16.0 Å². The number of piperidine rings is 1. The van der Waals surface area contributed by atoms with Crippen molar-refractivity contribution >= 4 is 23.2 Å². The predicted molar refractivity (Wildman–Crippen MR) is 87.7 cm³/mol. The highest BCUT2D eigenvalue weighted by Gasteiger charge is 2.31. The number of nitrogens with one attached hydrogen (secondary N) is 2. The summed E-state index contributed by atoms with van der Waals surface area (Å²) in [7, 11) is 1.51. The van der Waals surface area contributed by atoms with E-state index in [0.29, 0.717) is 37.3 Å². The fourth-order valence-corrected chi connectivity index (χ4v) is 3.44. The summed E-state index contributed by atoms with van der Waals surface area (Å²) >= 11 is 1.57. The van der Waals surface area contributed by atoms with Crippen LogP contribution in [0.15, 0.2) is 27.4 Å². The van der Waals surface area contributed by atoms with Gasteiger partial charge < -0.3 is 19.9 Å². The number of aryl methyl sites for hydroxylation is 1. The molecule has 0 aliphatic carbocycles. The van der Waals surface area contributed by atoms with Crippen LogP contribution in [0, 0.1) is 0 Å². The van der Waals surface area contributed by atoms with Gasteiger partial charge in [-0.1, -0.05) is 0 Å². The third kappa shape index (κ3) is 3.94. The zero-order valence-corrected chi connectivity index (χ0v) is 14.1. The van der Waals surface area contributed by atoms with Gasteiger partial charge in [0.2, 0.25) is 11.8 Å². The number of aromatic nitrogens is 1. The molecule has 2 amide bonds. The molecule has 7 nitrogen and oxygen atoms in total. The third-order valence-corrected chi connectivity index (χ3v) is 4.70. The maximum Gasteiger partial charge on any atom is 0.254 e. The summed E-state index contributed by atoms with van der Waals surface area (Å²) in [4.78, 5) is 23.9. The minimum Gasteiger partial charge on any atom is -0.479 e. The number of carbonyl (C=O) groups excluding carboxylic acids is 2. The zero-order chi connectivity index (χ0) is 16.9. The molecule has 2 aromatic heterocycles. The van der Waals surface area contributed by atoms with Crippen LogP contribution in [0.3, 0.4) is 0 Å². The molecule has 24 heavy (non-hydrogen) atoms. The third-order valence-electron chi connectivity index (χ3n) is 3.99. The number of rotatable bonds is 6. The van der Waals surface area contributed by atoms with Crippen molar-refractivity contribution in [2.24, 2.45) is 0 Å². The SMILES string of the molecule is COc1cc(CCC(=O)N[C@@H]2CCC(=O)N[C@H]2c2ccsc2)on1. The molecule has 0 bridgehead atoms. The van der Waals surface area contributed by atoms with E-state index in [1.165, 1.54) is 7.11 Å². The second kappa shape index (κ2) is 7.48. The standard InChI is InChI=1S/C16H19N3O4S/c1-22-15-8-11(23-19-15)2-4-13(20)17-12-3-5-14(21)18-16(12)10-6-7-24-9-10/h6-9,12,16H,2-5H2,1H3,(H,17,20)(H,18,21)/t12-,16+/m1/s1. The fourth-order valence-electron chi connectivity index (χ4n) is 2.75. The number of amides is 2. The van der Waals surface area contributed by atoms with Gasteiger partial charge in [-0.25, -0.2) is 0 Å². The van der Waals surface area contributed by atoms with Gasteiger partial charge in [0, 0.05) is 25.3 Å². The van der Waals surface area contributed by atoms with Gasteiger partial charge in [0.25, 0.3) is 5.88 Å². The summed E-state index contributed by atoms with van der Waals surface area (Å²) in [6.45, 7) is 0. The normalized spacial score (nSPS) is 20.5. The fraction of sp³-hybridized carbons (Fsp3) is 0.438. The first-order valence-electron chi connectivity index (χ1n) is 7.76. The lowest BCUT2D eigenvalue weighted by molar-refractivity contribution is -0.127. The van der Waals surface area contributed by atoms with Gasteiger partial charge >= 0.3 is 0 Å². The van der Waals surface area contributed by atoms with Gasteiger partial charge in [0.05, 0.1) is 19.2 Å². The average molecular weight is 349 g/mol. The Bertz CT molecular complexity index is 698. The van der Waals surface area contributed by atoms with E-state index in [0.717, 1.165) is 5.56 Å². The van der Waals surface area contributed by atoms with Gasteiger partial charge in [-0.3, -0.25) is 9.59 Å². The van der Waals surface area contributed by atoms with E-state index in [1.54, 1.807) is 17.4 Å². The molecule has 3 heterocycles. The van der Waals surface area contributed by atoms with E-state index in [9.17, 15) is 9.59 Å². The number of nitrogens with zero attached hydrogens (tertiary/aromatic N) is 1. The number of methoxy groups -OCH3 is 1. The summed E-state index contributed by atoms with van der Waals surface area (Å²) in [5.74, 6) is 0.948. The molecule has 0 spiro atoms. The van der Waals surface area contributed by atoms with E-state index in [2.05, 4.69) is 15.8 Å². The second-order valence-corrected chi connectivity index (χ2v) is 6.43. The highest BCUT2D eigenvalue weighted by atomic mass is 32.1. The quantitative estimate of drug-likeness (QED) is 0.830. The molecule has 128 valence electrons. The molecule has 0 radical (unpaired) electrons. The van der Waals surface area contributed by atoms with Crippen molar-refractivity contribution in [1.29, 1.82) is 0 Å². The van der Waals surface area contributed by atoms with Crippen molar-refractivity contribution in [1.82, 2.24) is 15.8 Å². The van der Waals surface area contributed by atoms with Crippen molar-refractivity contribution in [2.45, 2.75) is 37.8 Å². The van der Waals surface area contributed by atoms with Crippen molar-refractivity contribution < 1.29 is 18.8 Å². The van der Waals surface area contributed by atoms with Gasteiger partial charge in [-0.15, -0.1) is 0 Å². The van der Waals surface area contributed by atoms with Gasteiger partial charge in [-0.2, -0.15) is 11.3 Å².